The maximum atomic E-state index is 5.99. The van der Waals surface area contributed by atoms with Crippen molar-refractivity contribution in [3.63, 3.8) is 0 Å². The Morgan fingerprint density at radius 1 is 1.06 bits per heavy atom. The first-order valence-electron chi connectivity index (χ1n) is 5.26. The Bertz CT molecular complexity index is 573. The van der Waals surface area contributed by atoms with Crippen LogP contribution in [0.1, 0.15) is 0 Å². The van der Waals surface area contributed by atoms with E-state index in [-0.39, 0.29) is 0 Å². The van der Waals surface area contributed by atoms with Crippen LogP contribution in [0.25, 0.3) is 0 Å². The Morgan fingerprint density at radius 3 is 2.44 bits per heavy atom. The van der Waals surface area contributed by atoms with Gasteiger partial charge in [0.1, 0.15) is 0 Å². The van der Waals surface area contributed by atoms with Crippen molar-refractivity contribution >= 4 is 52.0 Å². The number of nitrogens with two attached hydrogens (primary N) is 1. The van der Waals surface area contributed by atoms with Crippen LogP contribution < -0.4 is 11.1 Å². The van der Waals surface area contributed by atoms with E-state index < -0.39 is 0 Å². The quantitative estimate of drug-likeness (QED) is 0.616. The molecule has 0 amide bonds. The minimum atomic E-state index is 0.456. The van der Waals surface area contributed by atoms with Crippen LogP contribution in [0.4, 0.5) is 17.1 Å². The van der Waals surface area contributed by atoms with Gasteiger partial charge in [-0.3, -0.25) is 0 Å². The second kappa shape index (κ2) is 5.74. The van der Waals surface area contributed by atoms with Crippen LogP contribution >= 0.6 is 35.0 Å². The Balaban J connectivity index is 2.37. The lowest BCUT2D eigenvalue weighted by atomic mass is 10.2. The van der Waals surface area contributed by atoms with E-state index in [0.29, 0.717) is 15.7 Å². The molecule has 0 bridgehead atoms. The van der Waals surface area contributed by atoms with Gasteiger partial charge in [-0.25, -0.2) is 0 Å². The normalized spacial score (nSPS) is 10.4. The molecule has 0 radical (unpaired) electrons. The van der Waals surface area contributed by atoms with Crippen molar-refractivity contribution < 1.29 is 0 Å². The number of para-hydroxylation sites is 1. The molecule has 0 aliphatic carbocycles. The molecule has 2 rings (SSSR count). The fourth-order valence-corrected chi connectivity index (χ4v) is 2.45. The zero-order valence-corrected chi connectivity index (χ0v) is 12.0. The third kappa shape index (κ3) is 2.86. The van der Waals surface area contributed by atoms with Crippen LogP contribution in [0.5, 0.6) is 0 Å². The van der Waals surface area contributed by atoms with E-state index in [4.69, 9.17) is 28.9 Å². The number of halogens is 2. The molecule has 0 aliphatic heterocycles. The SMILES string of the molecule is CSc1ccccc1Nc1cc(Cl)c(Cl)cc1N. The van der Waals surface area contributed by atoms with Gasteiger partial charge in [0.25, 0.3) is 0 Å². The smallest absolute Gasteiger partial charge is 0.0634 e. The molecule has 94 valence electrons. The minimum absolute atomic E-state index is 0.456. The minimum Gasteiger partial charge on any atom is -0.397 e. The molecular formula is C13H12Cl2N2S. The topological polar surface area (TPSA) is 38.0 Å². The summed E-state index contributed by atoms with van der Waals surface area (Å²) < 4.78 is 0. The summed E-state index contributed by atoms with van der Waals surface area (Å²) in [7, 11) is 0. The van der Waals surface area contributed by atoms with Gasteiger partial charge >= 0.3 is 0 Å². The van der Waals surface area contributed by atoms with Gasteiger partial charge in [-0.15, -0.1) is 11.8 Å². The molecule has 3 N–H and O–H groups in total. The first kappa shape index (κ1) is 13.4. The lowest BCUT2D eigenvalue weighted by Gasteiger charge is -2.13. The molecule has 0 saturated heterocycles. The highest BCUT2D eigenvalue weighted by molar-refractivity contribution is 7.98. The van der Waals surface area contributed by atoms with Gasteiger partial charge in [-0.05, 0) is 30.5 Å². The summed E-state index contributed by atoms with van der Waals surface area (Å²) in [5, 5.41) is 4.21. The first-order chi connectivity index (χ1) is 8.61. The Morgan fingerprint density at radius 2 is 1.72 bits per heavy atom. The van der Waals surface area contributed by atoms with Crippen molar-refractivity contribution in [2.24, 2.45) is 0 Å². The number of nitrogen functional groups attached to an aromatic ring is 1. The summed E-state index contributed by atoms with van der Waals surface area (Å²) in [5.41, 5.74) is 8.24. The molecular weight excluding hydrogens is 287 g/mol. The van der Waals surface area contributed by atoms with Crippen LogP contribution in [0.2, 0.25) is 10.0 Å². The molecule has 0 fully saturated rings. The highest BCUT2D eigenvalue weighted by atomic mass is 35.5. The molecule has 0 unspecified atom stereocenters. The molecule has 2 nitrogen and oxygen atoms in total. The third-order valence-corrected chi connectivity index (χ3v) is 3.99. The van der Waals surface area contributed by atoms with Crippen molar-refractivity contribution in [3.8, 4) is 0 Å². The Hall–Kier alpha value is -1.03. The Kier molecular flexibility index (Phi) is 4.27. The largest absolute Gasteiger partial charge is 0.397 e. The summed E-state index contributed by atoms with van der Waals surface area (Å²) in [6, 6.07) is 11.4. The molecule has 0 heterocycles. The second-order valence-electron chi connectivity index (χ2n) is 3.68. The van der Waals surface area contributed by atoms with E-state index in [2.05, 4.69) is 5.32 Å². The number of rotatable bonds is 3. The summed E-state index contributed by atoms with van der Waals surface area (Å²) >= 11 is 13.6. The lowest BCUT2D eigenvalue weighted by Crippen LogP contribution is -1.97. The fourth-order valence-electron chi connectivity index (χ4n) is 1.56. The van der Waals surface area contributed by atoms with Crippen LogP contribution in [-0.4, -0.2) is 6.26 Å². The lowest BCUT2D eigenvalue weighted by molar-refractivity contribution is 1.42. The van der Waals surface area contributed by atoms with Gasteiger partial charge in [-0.1, -0.05) is 35.3 Å². The van der Waals surface area contributed by atoms with Crippen LogP contribution in [0.15, 0.2) is 41.3 Å². The highest BCUT2D eigenvalue weighted by Crippen LogP contribution is 2.34. The van der Waals surface area contributed by atoms with Gasteiger partial charge < -0.3 is 11.1 Å². The van der Waals surface area contributed by atoms with E-state index in [9.17, 15) is 0 Å². The number of anilines is 3. The predicted molar refractivity (Wildman–Crippen MR) is 82.4 cm³/mol. The van der Waals surface area contributed by atoms with Crippen molar-refractivity contribution in [1.82, 2.24) is 0 Å². The van der Waals surface area contributed by atoms with Crippen LogP contribution in [0.3, 0.4) is 0 Å². The zero-order chi connectivity index (χ0) is 13.1. The molecule has 0 aliphatic rings. The maximum Gasteiger partial charge on any atom is 0.0634 e. The average molecular weight is 299 g/mol. The fraction of sp³-hybridized carbons (Fsp3) is 0.0769. The average Bonchev–Trinajstić information content (AvgIpc) is 2.36. The molecule has 2 aromatic carbocycles. The van der Waals surface area contributed by atoms with Crippen LogP contribution in [0, 0.1) is 0 Å². The van der Waals surface area contributed by atoms with Crippen molar-refractivity contribution in [2.45, 2.75) is 4.90 Å². The van der Waals surface area contributed by atoms with E-state index in [1.807, 2.05) is 30.5 Å². The zero-order valence-electron chi connectivity index (χ0n) is 9.71. The van der Waals surface area contributed by atoms with Crippen LogP contribution in [-0.2, 0) is 0 Å². The predicted octanol–water partition coefficient (Wildman–Crippen LogP) is 5.04. The molecule has 0 aromatic heterocycles. The van der Waals surface area contributed by atoms with Gasteiger partial charge in [0, 0.05) is 4.90 Å². The molecule has 5 heteroatoms. The standard InChI is InChI=1S/C13H12Cl2N2S/c1-18-13-5-3-2-4-11(13)17-12-7-9(15)8(14)6-10(12)16/h2-7,17H,16H2,1H3. The summed E-state index contributed by atoms with van der Waals surface area (Å²) in [5.74, 6) is 0. The third-order valence-electron chi connectivity index (χ3n) is 2.47. The highest BCUT2D eigenvalue weighted by Gasteiger charge is 2.07. The summed E-state index contributed by atoms with van der Waals surface area (Å²) in [6.07, 6.45) is 2.03. The second-order valence-corrected chi connectivity index (χ2v) is 5.34. The summed E-state index contributed by atoms with van der Waals surface area (Å²) in [6.45, 7) is 0. The Labute approximate surface area is 120 Å². The molecule has 0 spiro atoms. The van der Waals surface area contributed by atoms with Gasteiger partial charge in [-0.2, -0.15) is 0 Å². The maximum absolute atomic E-state index is 5.99. The molecule has 0 atom stereocenters. The number of thioether (sulfide) groups is 1. The van der Waals surface area contributed by atoms with Gasteiger partial charge in [0.15, 0.2) is 0 Å². The molecule has 18 heavy (non-hydrogen) atoms. The molecule has 2 aromatic rings. The van der Waals surface area contributed by atoms with E-state index in [0.717, 1.165) is 16.3 Å². The number of hydrogen-bond acceptors (Lipinski definition) is 3. The van der Waals surface area contributed by atoms with Crippen molar-refractivity contribution in [3.05, 3.63) is 46.4 Å². The summed E-state index contributed by atoms with van der Waals surface area (Å²) in [4.78, 5) is 1.14. The van der Waals surface area contributed by atoms with Crippen molar-refractivity contribution in [2.75, 3.05) is 17.3 Å². The van der Waals surface area contributed by atoms with Crippen molar-refractivity contribution in [1.29, 1.82) is 0 Å². The van der Waals surface area contributed by atoms with E-state index in [1.54, 1.807) is 23.9 Å². The van der Waals surface area contributed by atoms with Gasteiger partial charge in [0.05, 0.1) is 27.1 Å². The molecule has 0 saturated carbocycles. The number of hydrogen-bond donors (Lipinski definition) is 2. The first-order valence-corrected chi connectivity index (χ1v) is 7.24. The number of nitrogens with one attached hydrogen (secondary N) is 1. The monoisotopic (exact) mass is 298 g/mol. The van der Waals surface area contributed by atoms with E-state index in [1.165, 1.54) is 0 Å². The van der Waals surface area contributed by atoms with Gasteiger partial charge in [0.2, 0.25) is 0 Å². The van der Waals surface area contributed by atoms with E-state index >= 15 is 0 Å². The number of benzene rings is 2.